The molecular formula is C11H20N2O3S. The van der Waals surface area contributed by atoms with E-state index in [4.69, 9.17) is 0 Å². The first-order chi connectivity index (χ1) is 7.98. The van der Waals surface area contributed by atoms with Crippen molar-refractivity contribution < 1.29 is 13.2 Å². The van der Waals surface area contributed by atoms with E-state index >= 15 is 0 Å². The fraction of sp³-hybridized carbons (Fsp3) is 0.909. The van der Waals surface area contributed by atoms with Gasteiger partial charge in [0.15, 0.2) is 0 Å². The van der Waals surface area contributed by atoms with Crippen LogP contribution >= 0.6 is 0 Å². The van der Waals surface area contributed by atoms with Gasteiger partial charge in [0.1, 0.15) is 0 Å². The molecule has 2 aliphatic rings. The van der Waals surface area contributed by atoms with Gasteiger partial charge in [-0.05, 0) is 25.7 Å². The van der Waals surface area contributed by atoms with Gasteiger partial charge < -0.3 is 4.90 Å². The van der Waals surface area contributed by atoms with Crippen molar-refractivity contribution in [3.8, 4) is 0 Å². The summed E-state index contributed by atoms with van der Waals surface area (Å²) >= 11 is 0. The highest BCUT2D eigenvalue weighted by Crippen LogP contribution is 2.29. The smallest absolute Gasteiger partial charge is 0.223 e. The van der Waals surface area contributed by atoms with Crippen LogP contribution in [0.1, 0.15) is 32.1 Å². The quantitative estimate of drug-likeness (QED) is 0.720. The van der Waals surface area contributed by atoms with E-state index in [0.29, 0.717) is 13.0 Å². The van der Waals surface area contributed by atoms with Crippen molar-refractivity contribution in [2.24, 2.45) is 0 Å². The van der Waals surface area contributed by atoms with Crippen LogP contribution in [-0.4, -0.2) is 55.5 Å². The van der Waals surface area contributed by atoms with Gasteiger partial charge in [-0.1, -0.05) is 0 Å². The van der Waals surface area contributed by atoms with Gasteiger partial charge in [0, 0.05) is 32.1 Å². The molecule has 1 aliphatic heterocycles. The molecule has 0 atom stereocenters. The van der Waals surface area contributed by atoms with Gasteiger partial charge >= 0.3 is 0 Å². The van der Waals surface area contributed by atoms with Crippen LogP contribution in [-0.2, 0) is 14.8 Å². The summed E-state index contributed by atoms with van der Waals surface area (Å²) in [4.78, 5) is 13.7. The summed E-state index contributed by atoms with van der Waals surface area (Å²) in [6, 6.07) is 0.149. The fourth-order valence-corrected chi connectivity index (χ4v) is 3.49. The molecule has 1 saturated carbocycles. The molecular weight excluding hydrogens is 240 g/mol. The molecule has 6 heteroatoms. The number of nitrogens with zero attached hydrogens (tertiary/aromatic N) is 2. The SMILES string of the molecule is CS(=O)(=O)N(CCC(=O)N1CCCC1)C1CC1. The number of amides is 1. The van der Waals surface area contributed by atoms with Crippen molar-refractivity contribution in [1.82, 2.24) is 9.21 Å². The monoisotopic (exact) mass is 260 g/mol. The molecule has 0 bridgehead atoms. The molecule has 5 nitrogen and oxygen atoms in total. The second-order valence-electron chi connectivity index (χ2n) is 4.94. The second-order valence-corrected chi connectivity index (χ2v) is 6.88. The van der Waals surface area contributed by atoms with Crippen LogP contribution in [0, 0.1) is 0 Å². The zero-order valence-electron chi connectivity index (χ0n) is 10.3. The molecule has 0 aromatic carbocycles. The van der Waals surface area contributed by atoms with Crippen molar-refractivity contribution >= 4 is 15.9 Å². The molecule has 0 unspecified atom stereocenters. The van der Waals surface area contributed by atoms with Gasteiger partial charge in [0.25, 0.3) is 0 Å². The number of hydrogen-bond acceptors (Lipinski definition) is 3. The van der Waals surface area contributed by atoms with Crippen molar-refractivity contribution in [2.75, 3.05) is 25.9 Å². The Morgan fingerprint density at radius 2 is 1.88 bits per heavy atom. The predicted octanol–water partition coefficient (Wildman–Crippen LogP) is 0.423. The summed E-state index contributed by atoms with van der Waals surface area (Å²) in [6.07, 6.45) is 5.57. The van der Waals surface area contributed by atoms with Crippen molar-refractivity contribution in [1.29, 1.82) is 0 Å². The predicted molar refractivity (Wildman–Crippen MR) is 65.0 cm³/mol. The Kier molecular flexibility index (Phi) is 3.73. The molecule has 0 aromatic heterocycles. The largest absolute Gasteiger partial charge is 0.343 e. The van der Waals surface area contributed by atoms with Gasteiger partial charge in [0.05, 0.1) is 6.26 Å². The number of sulfonamides is 1. The van der Waals surface area contributed by atoms with E-state index in [-0.39, 0.29) is 11.9 Å². The summed E-state index contributed by atoms with van der Waals surface area (Å²) in [6.45, 7) is 2.01. The van der Waals surface area contributed by atoms with Gasteiger partial charge in [-0.2, -0.15) is 4.31 Å². The highest BCUT2D eigenvalue weighted by atomic mass is 32.2. The molecule has 2 rings (SSSR count). The Morgan fingerprint density at radius 3 is 2.35 bits per heavy atom. The van der Waals surface area contributed by atoms with E-state index in [1.165, 1.54) is 10.6 Å². The number of hydrogen-bond donors (Lipinski definition) is 0. The molecule has 0 N–H and O–H groups in total. The third-order valence-electron chi connectivity index (χ3n) is 3.38. The number of carbonyl (C=O) groups excluding carboxylic acids is 1. The number of carbonyl (C=O) groups is 1. The van der Waals surface area contributed by atoms with Crippen LogP contribution in [0.3, 0.4) is 0 Å². The van der Waals surface area contributed by atoms with Gasteiger partial charge in [0.2, 0.25) is 15.9 Å². The van der Waals surface area contributed by atoms with Gasteiger partial charge in [-0.25, -0.2) is 8.42 Å². The highest BCUT2D eigenvalue weighted by Gasteiger charge is 2.35. The van der Waals surface area contributed by atoms with E-state index in [0.717, 1.165) is 38.8 Å². The van der Waals surface area contributed by atoms with Crippen LogP contribution in [0.5, 0.6) is 0 Å². The Hall–Kier alpha value is -0.620. The lowest BCUT2D eigenvalue weighted by Crippen LogP contribution is -2.37. The maximum atomic E-state index is 11.8. The normalized spacial score (nSPS) is 21.2. The van der Waals surface area contributed by atoms with Gasteiger partial charge in [-0.15, -0.1) is 0 Å². The molecule has 2 fully saturated rings. The second kappa shape index (κ2) is 4.94. The molecule has 1 heterocycles. The molecule has 98 valence electrons. The summed E-state index contributed by atoms with van der Waals surface area (Å²) in [5, 5.41) is 0. The molecule has 1 amide bonds. The summed E-state index contributed by atoms with van der Waals surface area (Å²) in [5.74, 6) is 0.0943. The zero-order valence-corrected chi connectivity index (χ0v) is 11.1. The van der Waals surface area contributed by atoms with Crippen LogP contribution in [0.25, 0.3) is 0 Å². The average molecular weight is 260 g/mol. The van der Waals surface area contributed by atoms with Crippen molar-refractivity contribution in [3.05, 3.63) is 0 Å². The van der Waals surface area contributed by atoms with Crippen LogP contribution in [0.2, 0.25) is 0 Å². The van der Waals surface area contributed by atoms with Crippen LogP contribution < -0.4 is 0 Å². The lowest BCUT2D eigenvalue weighted by Gasteiger charge is -2.21. The minimum absolute atomic E-state index is 0.0943. The fourth-order valence-electron chi connectivity index (χ4n) is 2.31. The average Bonchev–Trinajstić information content (AvgIpc) is 2.91. The van der Waals surface area contributed by atoms with Crippen LogP contribution in [0.4, 0.5) is 0 Å². The molecule has 1 aliphatic carbocycles. The van der Waals surface area contributed by atoms with Gasteiger partial charge in [-0.3, -0.25) is 4.79 Å². The summed E-state index contributed by atoms with van der Waals surface area (Å²) in [7, 11) is -3.16. The molecule has 17 heavy (non-hydrogen) atoms. The van der Waals surface area contributed by atoms with Crippen LogP contribution in [0.15, 0.2) is 0 Å². The maximum Gasteiger partial charge on any atom is 0.223 e. The topological polar surface area (TPSA) is 57.7 Å². The van der Waals surface area contributed by atoms with E-state index in [9.17, 15) is 13.2 Å². The summed E-state index contributed by atoms with van der Waals surface area (Å²) in [5.41, 5.74) is 0. The Bertz CT molecular complexity index is 384. The van der Waals surface area contributed by atoms with E-state index < -0.39 is 10.0 Å². The van der Waals surface area contributed by atoms with E-state index in [1.807, 2.05) is 4.90 Å². The Balaban J connectivity index is 1.85. The molecule has 0 aromatic rings. The number of likely N-dealkylation sites (tertiary alicyclic amines) is 1. The van der Waals surface area contributed by atoms with E-state index in [2.05, 4.69) is 0 Å². The molecule has 1 saturated heterocycles. The van der Waals surface area contributed by atoms with E-state index in [1.54, 1.807) is 0 Å². The summed E-state index contributed by atoms with van der Waals surface area (Å²) < 4.78 is 24.6. The highest BCUT2D eigenvalue weighted by molar-refractivity contribution is 7.88. The lowest BCUT2D eigenvalue weighted by atomic mass is 10.3. The molecule has 0 radical (unpaired) electrons. The minimum atomic E-state index is -3.16. The lowest BCUT2D eigenvalue weighted by molar-refractivity contribution is -0.130. The first-order valence-corrected chi connectivity index (χ1v) is 8.08. The zero-order chi connectivity index (χ0) is 12.5. The van der Waals surface area contributed by atoms with Crippen molar-refractivity contribution in [2.45, 2.75) is 38.1 Å². The third kappa shape index (κ3) is 3.42. The maximum absolute atomic E-state index is 11.8. The Morgan fingerprint density at radius 1 is 1.29 bits per heavy atom. The standard InChI is InChI=1S/C11H20N2O3S/c1-17(15,16)13(10-4-5-10)9-6-11(14)12-7-2-3-8-12/h10H,2-9H2,1H3. The Labute approximate surface area is 103 Å². The first-order valence-electron chi connectivity index (χ1n) is 6.23. The van der Waals surface area contributed by atoms with Crippen molar-refractivity contribution in [3.63, 3.8) is 0 Å². The minimum Gasteiger partial charge on any atom is -0.343 e. The number of rotatable bonds is 5. The third-order valence-corrected chi connectivity index (χ3v) is 4.72. The first kappa shape index (κ1) is 12.8. The molecule has 0 spiro atoms.